The molecule has 0 spiro atoms. The van der Waals surface area contributed by atoms with Crippen molar-refractivity contribution in [3.63, 3.8) is 0 Å². The van der Waals surface area contributed by atoms with Gasteiger partial charge in [-0.2, -0.15) is 11.8 Å². The van der Waals surface area contributed by atoms with Crippen LogP contribution in [0.3, 0.4) is 0 Å². The number of thioether (sulfide) groups is 1. The van der Waals surface area contributed by atoms with Crippen LogP contribution in [0, 0.1) is 12.8 Å². The Bertz CT molecular complexity index is 327. The number of nitrogens with two attached hydrogens (primary N) is 1. The van der Waals surface area contributed by atoms with E-state index in [9.17, 15) is 0 Å². The van der Waals surface area contributed by atoms with E-state index in [1.807, 2.05) is 11.8 Å². The van der Waals surface area contributed by atoms with Gasteiger partial charge in [0, 0.05) is 11.8 Å². The van der Waals surface area contributed by atoms with E-state index >= 15 is 0 Å². The van der Waals surface area contributed by atoms with Crippen LogP contribution in [0.25, 0.3) is 0 Å². The smallest absolute Gasteiger partial charge is 0.0386 e. The molecule has 94 valence electrons. The highest BCUT2D eigenvalue weighted by atomic mass is 32.2. The van der Waals surface area contributed by atoms with Crippen LogP contribution >= 0.6 is 11.8 Å². The molecule has 0 radical (unpaired) electrons. The van der Waals surface area contributed by atoms with Crippen LogP contribution in [-0.4, -0.2) is 11.5 Å². The maximum atomic E-state index is 6.21. The molecular weight excluding hydrogens is 226 g/mol. The van der Waals surface area contributed by atoms with E-state index in [0.717, 1.165) is 11.7 Å². The minimum atomic E-state index is 0.196. The summed E-state index contributed by atoms with van der Waals surface area (Å²) in [6.07, 6.45) is 5.75. The zero-order valence-corrected chi connectivity index (χ0v) is 11.5. The van der Waals surface area contributed by atoms with Crippen molar-refractivity contribution in [2.45, 2.75) is 38.6 Å². The van der Waals surface area contributed by atoms with Gasteiger partial charge in [0.2, 0.25) is 0 Å². The molecule has 0 aromatic heterocycles. The molecule has 1 saturated carbocycles. The minimum absolute atomic E-state index is 0.196. The van der Waals surface area contributed by atoms with Crippen molar-refractivity contribution in [3.05, 3.63) is 35.4 Å². The van der Waals surface area contributed by atoms with Crippen LogP contribution in [0.4, 0.5) is 0 Å². The second-order valence-electron chi connectivity index (χ2n) is 5.21. The van der Waals surface area contributed by atoms with Crippen molar-refractivity contribution < 1.29 is 0 Å². The van der Waals surface area contributed by atoms with Gasteiger partial charge in [-0.3, -0.25) is 0 Å². The molecule has 1 fully saturated rings. The first-order valence-corrected chi connectivity index (χ1v) is 7.81. The number of aryl methyl sites for hydroxylation is 1. The zero-order valence-electron chi connectivity index (χ0n) is 10.7. The average molecular weight is 249 g/mol. The summed E-state index contributed by atoms with van der Waals surface area (Å²) in [4.78, 5) is 0. The summed E-state index contributed by atoms with van der Waals surface area (Å²) in [5, 5.41) is 0. The van der Waals surface area contributed by atoms with Crippen molar-refractivity contribution in [2.24, 2.45) is 11.7 Å². The fourth-order valence-corrected chi connectivity index (χ4v) is 3.70. The standard InChI is InChI=1S/C15H23NS/c1-12-6-8-14(9-7-12)15(16)11-17-10-13-4-2-3-5-13/h6-9,13,15H,2-5,10-11,16H2,1H3. The molecule has 1 aromatic rings. The first-order chi connectivity index (χ1) is 8.25. The Morgan fingerprint density at radius 2 is 1.88 bits per heavy atom. The third-order valence-electron chi connectivity index (χ3n) is 3.63. The molecule has 0 heterocycles. The lowest BCUT2D eigenvalue weighted by Gasteiger charge is -2.14. The summed E-state index contributed by atoms with van der Waals surface area (Å²) in [7, 11) is 0. The molecule has 2 rings (SSSR count). The van der Waals surface area contributed by atoms with E-state index in [2.05, 4.69) is 31.2 Å². The van der Waals surface area contributed by atoms with E-state index in [1.54, 1.807) is 0 Å². The number of hydrogen-bond donors (Lipinski definition) is 1. The van der Waals surface area contributed by atoms with Gasteiger partial charge in [0.25, 0.3) is 0 Å². The third kappa shape index (κ3) is 4.04. The van der Waals surface area contributed by atoms with Crippen LogP contribution in [0.2, 0.25) is 0 Å². The molecule has 1 nitrogen and oxygen atoms in total. The summed E-state index contributed by atoms with van der Waals surface area (Å²) < 4.78 is 0. The normalized spacial score (nSPS) is 18.5. The molecule has 2 N–H and O–H groups in total. The lowest BCUT2D eigenvalue weighted by molar-refractivity contribution is 0.622. The van der Waals surface area contributed by atoms with Gasteiger partial charge >= 0.3 is 0 Å². The number of hydrogen-bond acceptors (Lipinski definition) is 2. The second-order valence-corrected chi connectivity index (χ2v) is 6.28. The second kappa shape index (κ2) is 6.46. The molecule has 2 heteroatoms. The van der Waals surface area contributed by atoms with E-state index in [4.69, 9.17) is 5.73 Å². The van der Waals surface area contributed by atoms with E-state index in [-0.39, 0.29) is 6.04 Å². The van der Waals surface area contributed by atoms with E-state index < -0.39 is 0 Å². The Balaban J connectivity index is 1.72. The SMILES string of the molecule is Cc1ccc(C(N)CSCC2CCCC2)cc1. The van der Waals surface area contributed by atoms with Crippen molar-refractivity contribution in [2.75, 3.05) is 11.5 Å². The Morgan fingerprint density at radius 1 is 1.24 bits per heavy atom. The molecule has 1 aromatic carbocycles. The highest BCUT2D eigenvalue weighted by Gasteiger charge is 2.15. The molecule has 17 heavy (non-hydrogen) atoms. The largest absolute Gasteiger partial charge is 0.323 e. The maximum absolute atomic E-state index is 6.21. The van der Waals surface area contributed by atoms with Gasteiger partial charge in [0.15, 0.2) is 0 Å². The Hall–Kier alpha value is -0.470. The lowest BCUT2D eigenvalue weighted by atomic mass is 10.1. The fourth-order valence-electron chi connectivity index (χ4n) is 2.45. The first kappa shape index (κ1) is 13.0. The van der Waals surface area contributed by atoms with Gasteiger partial charge in [-0.15, -0.1) is 0 Å². The van der Waals surface area contributed by atoms with Crippen LogP contribution < -0.4 is 5.73 Å². The molecule has 0 aliphatic heterocycles. The lowest BCUT2D eigenvalue weighted by Crippen LogP contribution is -2.14. The van der Waals surface area contributed by atoms with Gasteiger partial charge in [0.1, 0.15) is 0 Å². The van der Waals surface area contributed by atoms with Gasteiger partial charge in [-0.05, 0) is 37.0 Å². The molecule has 0 saturated heterocycles. The highest BCUT2D eigenvalue weighted by Crippen LogP contribution is 2.29. The van der Waals surface area contributed by atoms with Gasteiger partial charge in [-0.25, -0.2) is 0 Å². The van der Waals surface area contributed by atoms with Crippen molar-refractivity contribution in [3.8, 4) is 0 Å². The zero-order chi connectivity index (χ0) is 12.1. The number of rotatable bonds is 5. The van der Waals surface area contributed by atoms with Gasteiger partial charge in [0.05, 0.1) is 0 Å². The van der Waals surface area contributed by atoms with Crippen LogP contribution in [0.5, 0.6) is 0 Å². The predicted molar refractivity (Wildman–Crippen MR) is 77.4 cm³/mol. The Kier molecular flexibility index (Phi) is 4.93. The summed E-state index contributed by atoms with van der Waals surface area (Å²) in [5.74, 6) is 3.32. The summed E-state index contributed by atoms with van der Waals surface area (Å²) in [6, 6.07) is 8.82. The minimum Gasteiger partial charge on any atom is -0.323 e. The molecule has 0 amide bonds. The summed E-state index contributed by atoms with van der Waals surface area (Å²) in [5.41, 5.74) is 8.79. The van der Waals surface area contributed by atoms with Crippen molar-refractivity contribution in [1.82, 2.24) is 0 Å². The van der Waals surface area contributed by atoms with Crippen LogP contribution in [0.15, 0.2) is 24.3 Å². The maximum Gasteiger partial charge on any atom is 0.0386 e. The quantitative estimate of drug-likeness (QED) is 0.856. The van der Waals surface area contributed by atoms with E-state index in [1.165, 1.54) is 42.6 Å². The van der Waals surface area contributed by atoms with E-state index in [0.29, 0.717) is 0 Å². The summed E-state index contributed by atoms with van der Waals surface area (Å²) >= 11 is 2.03. The molecule has 1 aliphatic carbocycles. The van der Waals surface area contributed by atoms with Crippen LogP contribution in [0.1, 0.15) is 42.9 Å². The van der Waals surface area contributed by atoms with Crippen molar-refractivity contribution >= 4 is 11.8 Å². The topological polar surface area (TPSA) is 26.0 Å². The molecule has 1 aliphatic rings. The predicted octanol–water partition coefficient (Wildman–Crippen LogP) is 3.92. The summed E-state index contributed by atoms with van der Waals surface area (Å²) in [6.45, 7) is 2.12. The third-order valence-corrected chi connectivity index (χ3v) is 4.93. The molecular formula is C15H23NS. The van der Waals surface area contributed by atoms with Crippen LogP contribution in [-0.2, 0) is 0 Å². The Morgan fingerprint density at radius 3 is 2.53 bits per heavy atom. The first-order valence-electron chi connectivity index (χ1n) is 6.65. The fraction of sp³-hybridized carbons (Fsp3) is 0.600. The molecule has 1 atom stereocenters. The molecule has 1 unspecified atom stereocenters. The van der Waals surface area contributed by atoms with Gasteiger partial charge < -0.3 is 5.73 Å². The molecule has 0 bridgehead atoms. The Labute approximate surface area is 109 Å². The highest BCUT2D eigenvalue weighted by molar-refractivity contribution is 7.99. The number of benzene rings is 1. The average Bonchev–Trinajstić information content (AvgIpc) is 2.83. The van der Waals surface area contributed by atoms with Gasteiger partial charge in [-0.1, -0.05) is 42.7 Å². The van der Waals surface area contributed by atoms with Crippen molar-refractivity contribution in [1.29, 1.82) is 0 Å². The monoisotopic (exact) mass is 249 g/mol.